The Balaban J connectivity index is 1.12. The van der Waals surface area contributed by atoms with Crippen molar-refractivity contribution in [3.63, 3.8) is 0 Å². The Hall–Kier alpha value is -8.20. The Morgan fingerprint density at radius 1 is 0.354 bits per heavy atom. The zero-order valence-electron chi connectivity index (χ0n) is 35.9. The highest BCUT2D eigenvalue weighted by molar-refractivity contribution is 6.14. The fraction of sp³-hybridized carbons (Fsp3) is 0.0476. The molecule has 0 aliphatic heterocycles. The van der Waals surface area contributed by atoms with Gasteiger partial charge in [0.15, 0.2) is 0 Å². The first kappa shape index (κ1) is 37.4. The van der Waals surface area contributed by atoms with Gasteiger partial charge in [0.25, 0.3) is 0 Å². The highest BCUT2D eigenvalue weighted by Crippen LogP contribution is 2.59. The van der Waals surface area contributed by atoms with Crippen LogP contribution < -0.4 is 4.90 Å². The van der Waals surface area contributed by atoms with E-state index in [0.717, 1.165) is 44.6 Å². The number of anilines is 3. The molecule has 306 valence electrons. The van der Waals surface area contributed by atoms with Gasteiger partial charge >= 0.3 is 0 Å². The smallest absolute Gasteiger partial charge is 0.137 e. The van der Waals surface area contributed by atoms with Crippen LogP contribution in [0.4, 0.5) is 17.1 Å². The standard InChI is InChI=1S/C63H43NO/c1-62(42-21-5-2-6-22-42)52-32-15-12-29-50(52)60-49(31-19-34-54(60)62)48-28-13-17-35-56(48)64(57-36-20-38-59-61(57)51-30-14-18-37-58(51)65-59)45-39-40-47-46-27-11-16-33-53(46)63(55(47)41-45,43-23-7-3-8-24-43)44-25-9-4-10-26-44/h2-41H,1H3. The molecule has 0 amide bonds. The van der Waals surface area contributed by atoms with Crippen LogP contribution >= 0.6 is 0 Å². The molecule has 1 aromatic heterocycles. The van der Waals surface area contributed by atoms with Crippen LogP contribution in [0.1, 0.15) is 45.9 Å². The number of benzene rings is 10. The summed E-state index contributed by atoms with van der Waals surface area (Å²) in [6, 6.07) is 89.2. The third-order valence-electron chi connectivity index (χ3n) is 14.4. The highest BCUT2D eigenvalue weighted by Gasteiger charge is 2.47. The molecular formula is C63H43NO. The van der Waals surface area contributed by atoms with Crippen molar-refractivity contribution in [2.75, 3.05) is 4.90 Å². The van der Waals surface area contributed by atoms with E-state index in [9.17, 15) is 0 Å². The zero-order valence-corrected chi connectivity index (χ0v) is 35.9. The first-order chi connectivity index (χ1) is 32.2. The van der Waals surface area contributed by atoms with E-state index < -0.39 is 5.41 Å². The molecule has 13 rings (SSSR count). The summed E-state index contributed by atoms with van der Waals surface area (Å²) in [6.07, 6.45) is 0. The second-order valence-corrected chi connectivity index (χ2v) is 17.6. The van der Waals surface area contributed by atoms with Crippen LogP contribution in [-0.2, 0) is 10.8 Å². The summed E-state index contributed by atoms with van der Waals surface area (Å²) >= 11 is 0. The predicted molar refractivity (Wildman–Crippen MR) is 269 cm³/mol. The molecule has 0 spiro atoms. The molecular weight excluding hydrogens is 787 g/mol. The zero-order chi connectivity index (χ0) is 43.1. The number of hydrogen-bond acceptors (Lipinski definition) is 2. The van der Waals surface area contributed by atoms with E-state index in [0.29, 0.717) is 0 Å². The Bertz CT molecular complexity index is 3580. The van der Waals surface area contributed by atoms with Crippen LogP contribution in [0.2, 0.25) is 0 Å². The van der Waals surface area contributed by atoms with Gasteiger partial charge in [0.05, 0.1) is 22.2 Å². The summed E-state index contributed by atoms with van der Waals surface area (Å²) in [5.74, 6) is 0. The molecule has 0 saturated heterocycles. The molecule has 0 fully saturated rings. The second kappa shape index (κ2) is 14.4. The molecule has 0 N–H and O–H groups in total. The van der Waals surface area contributed by atoms with Crippen molar-refractivity contribution >= 4 is 39.0 Å². The third-order valence-corrected chi connectivity index (χ3v) is 14.4. The van der Waals surface area contributed by atoms with Gasteiger partial charge in [0.2, 0.25) is 0 Å². The monoisotopic (exact) mass is 829 g/mol. The predicted octanol–water partition coefficient (Wildman–Crippen LogP) is 16.4. The third kappa shape index (κ3) is 5.29. The van der Waals surface area contributed by atoms with Gasteiger partial charge in [-0.3, -0.25) is 0 Å². The Kier molecular flexibility index (Phi) is 8.29. The normalized spacial score (nSPS) is 15.3. The van der Waals surface area contributed by atoms with Crippen LogP contribution in [0.5, 0.6) is 0 Å². The summed E-state index contributed by atoms with van der Waals surface area (Å²) in [5, 5.41) is 2.17. The first-order valence-corrected chi connectivity index (χ1v) is 22.6. The molecule has 11 aromatic rings. The maximum atomic E-state index is 6.63. The summed E-state index contributed by atoms with van der Waals surface area (Å²) in [7, 11) is 0. The van der Waals surface area contributed by atoms with Gasteiger partial charge < -0.3 is 9.32 Å². The van der Waals surface area contributed by atoms with E-state index in [2.05, 4.69) is 254 Å². The van der Waals surface area contributed by atoms with Gasteiger partial charge in [-0.1, -0.05) is 206 Å². The Labute approximate surface area is 379 Å². The minimum Gasteiger partial charge on any atom is -0.456 e. The van der Waals surface area contributed by atoms with Crippen molar-refractivity contribution in [1.82, 2.24) is 0 Å². The van der Waals surface area contributed by atoms with Crippen molar-refractivity contribution in [3.05, 3.63) is 282 Å². The fourth-order valence-electron chi connectivity index (χ4n) is 11.7. The molecule has 2 nitrogen and oxygen atoms in total. The molecule has 1 heterocycles. The molecule has 0 saturated carbocycles. The molecule has 1 atom stereocenters. The average Bonchev–Trinajstić information content (AvgIpc) is 4.00. The molecule has 0 radical (unpaired) electrons. The molecule has 2 aliphatic carbocycles. The van der Waals surface area contributed by atoms with E-state index >= 15 is 0 Å². The van der Waals surface area contributed by atoms with Crippen molar-refractivity contribution in [2.24, 2.45) is 0 Å². The largest absolute Gasteiger partial charge is 0.456 e. The minimum absolute atomic E-state index is 0.327. The van der Waals surface area contributed by atoms with Gasteiger partial charge in [-0.2, -0.15) is 0 Å². The lowest BCUT2D eigenvalue weighted by Gasteiger charge is -2.35. The van der Waals surface area contributed by atoms with Crippen molar-refractivity contribution in [1.29, 1.82) is 0 Å². The lowest BCUT2D eigenvalue weighted by molar-refractivity contribution is 0.669. The SMILES string of the molecule is CC1(c2ccccc2)c2ccccc2-c2c(-c3ccccc3N(c3ccc4c(c3)C(c3ccccc3)(c3ccccc3)c3ccccc3-4)c3cccc4oc5ccccc5c34)cccc21. The minimum atomic E-state index is -0.560. The molecule has 10 aromatic carbocycles. The van der Waals surface area contributed by atoms with Crippen LogP contribution in [-0.4, -0.2) is 0 Å². The number of nitrogens with zero attached hydrogens (tertiary/aromatic N) is 1. The van der Waals surface area contributed by atoms with E-state index in [-0.39, 0.29) is 5.41 Å². The lowest BCUT2D eigenvalue weighted by Crippen LogP contribution is -2.28. The van der Waals surface area contributed by atoms with Crippen molar-refractivity contribution in [2.45, 2.75) is 17.8 Å². The number of rotatable bonds is 7. The maximum absolute atomic E-state index is 6.63. The van der Waals surface area contributed by atoms with Crippen molar-refractivity contribution < 1.29 is 4.42 Å². The average molecular weight is 830 g/mol. The molecule has 65 heavy (non-hydrogen) atoms. The number of para-hydroxylation sites is 2. The van der Waals surface area contributed by atoms with Crippen LogP contribution in [0.3, 0.4) is 0 Å². The number of hydrogen-bond donors (Lipinski definition) is 0. The van der Waals surface area contributed by atoms with Crippen LogP contribution in [0.25, 0.3) is 55.3 Å². The molecule has 1 unspecified atom stereocenters. The van der Waals surface area contributed by atoms with Crippen LogP contribution in [0, 0.1) is 0 Å². The van der Waals surface area contributed by atoms with E-state index in [4.69, 9.17) is 4.42 Å². The lowest BCUT2D eigenvalue weighted by atomic mass is 9.67. The fourth-order valence-corrected chi connectivity index (χ4v) is 11.7. The maximum Gasteiger partial charge on any atom is 0.137 e. The Morgan fingerprint density at radius 2 is 0.877 bits per heavy atom. The summed E-state index contributed by atoms with van der Waals surface area (Å²) in [5.41, 5.74) is 20.4. The van der Waals surface area contributed by atoms with Crippen molar-refractivity contribution in [3.8, 4) is 33.4 Å². The van der Waals surface area contributed by atoms with Gasteiger partial charge in [0.1, 0.15) is 11.2 Å². The quantitative estimate of drug-likeness (QED) is 0.159. The summed E-state index contributed by atoms with van der Waals surface area (Å²) in [6.45, 7) is 2.40. The molecule has 2 heteroatoms. The highest BCUT2D eigenvalue weighted by atomic mass is 16.3. The molecule has 0 bridgehead atoms. The Morgan fingerprint density at radius 3 is 1.63 bits per heavy atom. The number of furan rings is 1. The van der Waals surface area contributed by atoms with Gasteiger partial charge in [-0.15, -0.1) is 0 Å². The number of fused-ring (bicyclic) bond motifs is 9. The van der Waals surface area contributed by atoms with E-state index in [1.165, 1.54) is 66.8 Å². The van der Waals surface area contributed by atoms with E-state index in [1.807, 2.05) is 0 Å². The second-order valence-electron chi connectivity index (χ2n) is 17.6. The summed E-state index contributed by atoms with van der Waals surface area (Å²) < 4.78 is 6.63. The first-order valence-electron chi connectivity index (χ1n) is 22.6. The van der Waals surface area contributed by atoms with Gasteiger partial charge in [-0.25, -0.2) is 0 Å². The van der Waals surface area contributed by atoms with E-state index in [1.54, 1.807) is 0 Å². The topological polar surface area (TPSA) is 16.4 Å². The summed E-state index contributed by atoms with van der Waals surface area (Å²) in [4.78, 5) is 2.50. The molecule has 2 aliphatic rings. The van der Waals surface area contributed by atoms with Gasteiger partial charge in [0, 0.05) is 22.1 Å². The van der Waals surface area contributed by atoms with Crippen LogP contribution in [0.15, 0.2) is 247 Å². The van der Waals surface area contributed by atoms with Gasteiger partial charge in [-0.05, 0) is 110 Å².